The van der Waals surface area contributed by atoms with Crippen LogP contribution < -0.4 is 10.2 Å². The molecule has 0 saturated carbocycles. The number of nitrogens with one attached hydrogen (secondary N) is 1. The molecule has 1 aliphatic rings. The molecule has 1 heterocycles. The summed E-state index contributed by atoms with van der Waals surface area (Å²) in [5.74, 6) is -0.713. The molecule has 1 unspecified atom stereocenters. The van der Waals surface area contributed by atoms with Crippen molar-refractivity contribution in [3.63, 3.8) is 0 Å². The van der Waals surface area contributed by atoms with Crippen molar-refractivity contribution in [3.8, 4) is 0 Å². The Balaban J connectivity index is 1.67. The minimum atomic E-state index is -0.402. The second-order valence-corrected chi connectivity index (χ2v) is 7.15. The lowest BCUT2D eigenvalue weighted by Crippen LogP contribution is -2.28. The van der Waals surface area contributed by atoms with E-state index in [0.29, 0.717) is 17.8 Å². The molecule has 2 aromatic rings. The Hall–Kier alpha value is -3.15. The third-order valence-electron chi connectivity index (χ3n) is 4.96. The van der Waals surface area contributed by atoms with Crippen LogP contribution in [-0.4, -0.2) is 43.3 Å². The lowest BCUT2D eigenvalue weighted by atomic mass is 10.1. The summed E-state index contributed by atoms with van der Waals surface area (Å²) in [5.41, 5.74) is 3.15. The molecule has 0 spiro atoms. The topological polar surface area (TPSA) is 69.7 Å². The van der Waals surface area contributed by atoms with Crippen molar-refractivity contribution in [2.24, 2.45) is 5.92 Å². The van der Waals surface area contributed by atoms with E-state index < -0.39 is 5.92 Å². The molecular formula is C22H25N3O3. The summed E-state index contributed by atoms with van der Waals surface area (Å²) in [6.07, 6.45) is 1.02. The Bertz CT molecular complexity index is 890. The molecule has 0 radical (unpaired) electrons. The van der Waals surface area contributed by atoms with E-state index in [1.165, 1.54) is 4.90 Å². The number of aryl methyl sites for hydroxylation is 1. The number of rotatable bonds is 5. The van der Waals surface area contributed by atoms with Gasteiger partial charge in [0.05, 0.1) is 5.92 Å². The van der Waals surface area contributed by atoms with E-state index in [1.54, 1.807) is 43.3 Å². The number of carbonyl (C=O) groups is 3. The smallest absolute Gasteiger partial charge is 0.253 e. The molecule has 6 nitrogen and oxygen atoms in total. The molecule has 1 fully saturated rings. The van der Waals surface area contributed by atoms with E-state index in [4.69, 9.17) is 0 Å². The van der Waals surface area contributed by atoms with Gasteiger partial charge in [-0.2, -0.15) is 0 Å². The van der Waals surface area contributed by atoms with Crippen LogP contribution >= 0.6 is 0 Å². The van der Waals surface area contributed by atoms with E-state index >= 15 is 0 Å². The number of anilines is 2. The minimum absolute atomic E-state index is 0.0343. The maximum Gasteiger partial charge on any atom is 0.253 e. The first-order valence-corrected chi connectivity index (χ1v) is 9.41. The molecule has 1 saturated heterocycles. The van der Waals surface area contributed by atoms with Crippen LogP contribution in [0.3, 0.4) is 0 Å². The number of hydrogen-bond acceptors (Lipinski definition) is 3. The van der Waals surface area contributed by atoms with Gasteiger partial charge in [0, 0.05) is 44.0 Å². The second kappa shape index (κ2) is 8.25. The van der Waals surface area contributed by atoms with Gasteiger partial charge >= 0.3 is 0 Å². The molecule has 1 atom stereocenters. The molecule has 6 heteroatoms. The van der Waals surface area contributed by atoms with E-state index in [2.05, 4.69) is 5.32 Å². The summed E-state index contributed by atoms with van der Waals surface area (Å²) in [5, 5.41) is 2.86. The summed E-state index contributed by atoms with van der Waals surface area (Å²) < 4.78 is 0. The largest absolute Gasteiger partial charge is 0.345 e. The quantitative estimate of drug-likeness (QED) is 0.868. The lowest BCUT2D eigenvalue weighted by molar-refractivity contribution is -0.122. The zero-order chi connectivity index (χ0) is 20.3. The first-order chi connectivity index (χ1) is 13.4. The third-order valence-corrected chi connectivity index (χ3v) is 4.96. The maximum absolute atomic E-state index is 12.7. The highest BCUT2D eigenvalue weighted by atomic mass is 16.2. The summed E-state index contributed by atoms with van der Waals surface area (Å²) in [7, 11) is 3.38. The normalized spacial score (nSPS) is 16.2. The SMILES string of the molecule is CCc1ccccc1N1CC(C(=O)Nc2ccc(C(=O)N(C)C)cc2)CC1=O. The Morgan fingerprint density at radius 2 is 1.79 bits per heavy atom. The van der Waals surface area contributed by atoms with E-state index in [9.17, 15) is 14.4 Å². The van der Waals surface area contributed by atoms with E-state index in [1.807, 2.05) is 31.2 Å². The molecule has 3 amide bonds. The fourth-order valence-electron chi connectivity index (χ4n) is 3.39. The van der Waals surface area contributed by atoms with Crippen LogP contribution in [0, 0.1) is 5.92 Å². The van der Waals surface area contributed by atoms with Crippen molar-refractivity contribution < 1.29 is 14.4 Å². The zero-order valence-corrected chi connectivity index (χ0v) is 16.4. The summed E-state index contributed by atoms with van der Waals surface area (Å²) in [6.45, 7) is 2.42. The molecule has 1 N–H and O–H groups in total. The van der Waals surface area contributed by atoms with Gasteiger partial charge in [-0.15, -0.1) is 0 Å². The second-order valence-electron chi connectivity index (χ2n) is 7.15. The summed E-state index contributed by atoms with van der Waals surface area (Å²) in [4.78, 5) is 40.3. The fourth-order valence-corrected chi connectivity index (χ4v) is 3.39. The highest BCUT2D eigenvalue weighted by Crippen LogP contribution is 2.29. The van der Waals surface area contributed by atoms with Crippen LogP contribution in [0.5, 0.6) is 0 Å². The fraction of sp³-hybridized carbons (Fsp3) is 0.318. The number of hydrogen-bond donors (Lipinski definition) is 1. The van der Waals surface area contributed by atoms with Crippen molar-refractivity contribution in [2.45, 2.75) is 19.8 Å². The van der Waals surface area contributed by atoms with Gasteiger partial charge in [-0.25, -0.2) is 0 Å². The van der Waals surface area contributed by atoms with Gasteiger partial charge in [0.1, 0.15) is 0 Å². The van der Waals surface area contributed by atoms with Crippen molar-refractivity contribution >= 4 is 29.1 Å². The molecule has 28 heavy (non-hydrogen) atoms. The van der Waals surface area contributed by atoms with Gasteiger partial charge in [0.25, 0.3) is 5.91 Å². The molecule has 2 aromatic carbocycles. The van der Waals surface area contributed by atoms with Gasteiger partial charge in [-0.1, -0.05) is 25.1 Å². The Morgan fingerprint density at radius 1 is 1.11 bits per heavy atom. The summed E-state index contributed by atoms with van der Waals surface area (Å²) in [6, 6.07) is 14.6. The van der Waals surface area contributed by atoms with Crippen molar-refractivity contribution in [1.82, 2.24) is 4.90 Å². The van der Waals surface area contributed by atoms with E-state index in [0.717, 1.165) is 17.7 Å². The molecule has 0 bridgehead atoms. The molecule has 0 aromatic heterocycles. The predicted octanol–water partition coefficient (Wildman–Crippen LogP) is 2.94. The van der Waals surface area contributed by atoms with Crippen LogP contribution in [0.15, 0.2) is 48.5 Å². The van der Waals surface area contributed by atoms with Crippen LogP contribution in [0.4, 0.5) is 11.4 Å². The third kappa shape index (κ3) is 4.06. The van der Waals surface area contributed by atoms with Gasteiger partial charge in [0.2, 0.25) is 11.8 Å². The highest BCUT2D eigenvalue weighted by molar-refractivity contribution is 6.04. The number of benzene rings is 2. The maximum atomic E-state index is 12.7. The zero-order valence-electron chi connectivity index (χ0n) is 16.4. The van der Waals surface area contributed by atoms with Crippen LogP contribution in [0.1, 0.15) is 29.3 Å². The molecule has 3 rings (SSSR count). The monoisotopic (exact) mass is 379 g/mol. The Morgan fingerprint density at radius 3 is 2.43 bits per heavy atom. The summed E-state index contributed by atoms with van der Waals surface area (Å²) >= 11 is 0. The lowest BCUT2D eigenvalue weighted by Gasteiger charge is -2.20. The molecular weight excluding hydrogens is 354 g/mol. The van der Waals surface area contributed by atoms with Crippen molar-refractivity contribution in [2.75, 3.05) is 30.9 Å². The van der Waals surface area contributed by atoms with Crippen LogP contribution in [0.25, 0.3) is 0 Å². The number of nitrogens with zero attached hydrogens (tertiary/aromatic N) is 2. The van der Waals surface area contributed by atoms with Crippen LogP contribution in [0.2, 0.25) is 0 Å². The minimum Gasteiger partial charge on any atom is -0.345 e. The number of amides is 3. The molecule has 0 aliphatic carbocycles. The van der Waals surface area contributed by atoms with Gasteiger partial charge in [0.15, 0.2) is 0 Å². The Labute approximate surface area is 165 Å². The van der Waals surface area contributed by atoms with Crippen molar-refractivity contribution in [1.29, 1.82) is 0 Å². The molecule has 146 valence electrons. The first-order valence-electron chi connectivity index (χ1n) is 9.41. The van der Waals surface area contributed by atoms with Gasteiger partial charge in [-0.05, 0) is 42.3 Å². The number of carbonyl (C=O) groups excluding carboxylic acids is 3. The van der Waals surface area contributed by atoms with Crippen molar-refractivity contribution in [3.05, 3.63) is 59.7 Å². The average Bonchev–Trinajstić information content (AvgIpc) is 3.09. The average molecular weight is 379 g/mol. The van der Waals surface area contributed by atoms with E-state index in [-0.39, 0.29) is 24.1 Å². The van der Waals surface area contributed by atoms with Gasteiger partial charge < -0.3 is 15.1 Å². The predicted molar refractivity (Wildman–Crippen MR) is 109 cm³/mol. The van der Waals surface area contributed by atoms with Gasteiger partial charge in [-0.3, -0.25) is 14.4 Å². The first kappa shape index (κ1) is 19.6. The standard InChI is InChI=1S/C22H25N3O3/c1-4-15-7-5-6-8-19(15)25-14-17(13-20(25)26)21(27)23-18-11-9-16(10-12-18)22(28)24(2)3/h5-12,17H,4,13-14H2,1-3H3,(H,23,27). The number of para-hydroxylation sites is 1. The highest BCUT2D eigenvalue weighted by Gasteiger charge is 2.35. The van der Waals surface area contributed by atoms with Crippen LogP contribution in [-0.2, 0) is 16.0 Å². The Kier molecular flexibility index (Phi) is 5.78. The molecule has 1 aliphatic heterocycles.